The van der Waals surface area contributed by atoms with Gasteiger partial charge in [-0.2, -0.15) is 0 Å². The van der Waals surface area contributed by atoms with Crippen molar-refractivity contribution in [2.45, 2.75) is 51.6 Å². The summed E-state index contributed by atoms with van der Waals surface area (Å²) in [6.45, 7) is 2.62. The van der Waals surface area contributed by atoms with Crippen LogP contribution in [0.15, 0.2) is 24.3 Å². The number of rotatable bonds is 5. The maximum Gasteiger partial charge on any atom is 0.125 e. The Morgan fingerprint density at radius 2 is 1.94 bits per heavy atom. The molecule has 0 radical (unpaired) electrons. The van der Waals surface area contributed by atoms with Gasteiger partial charge in [-0.25, -0.2) is 0 Å². The second-order valence-corrected chi connectivity index (χ2v) is 5.23. The van der Waals surface area contributed by atoms with E-state index >= 15 is 0 Å². The Hall–Kier alpha value is -1.02. The number of hydrogen-bond donors (Lipinski definition) is 1. The summed E-state index contributed by atoms with van der Waals surface area (Å²) in [5.74, 6) is 1.52. The van der Waals surface area contributed by atoms with Crippen molar-refractivity contribution in [2.75, 3.05) is 6.61 Å². The van der Waals surface area contributed by atoms with Crippen LogP contribution in [0.25, 0.3) is 0 Å². The number of aliphatic hydroxyl groups excluding tert-OH is 1. The summed E-state index contributed by atoms with van der Waals surface area (Å²) in [4.78, 5) is 0. The first-order valence-corrected chi connectivity index (χ1v) is 7.21. The van der Waals surface area contributed by atoms with E-state index in [2.05, 4.69) is 0 Å². The number of para-hydroxylation sites is 1. The van der Waals surface area contributed by atoms with Crippen molar-refractivity contribution in [1.82, 2.24) is 0 Å². The van der Waals surface area contributed by atoms with Crippen LogP contribution in [0.2, 0.25) is 0 Å². The van der Waals surface area contributed by atoms with Gasteiger partial charge in [0.2, 0.25) is 0 Å². The summed E-state index contributed by atoms with van der Waals surface area (Å²) in [5.41, 5.74) is 0.949. The number of benzene rings is 1. The Kier molecular flexibility index (Phi) is 5.06. The fourth-order valence-corrected chi connectivity index (χ4v) is 2.91. The Morgan fingerprint density at radius 1 is 1.22 bits per heavy atom. The molecular formula is C16H24O2. The highest BCUT2D eigenvalue weighted by molar-refractivity contribution is 5.35. The molecule has 1 fully saturated rings. The third-order valence-corrected chi connectivity index (χ3v) is 3.86. The van der Waals surface area contributed by atoms with Crippen molar-refractivity contribution >= 4 is 0 Å². The van der Waals surface area contributed by atoms with Crippen molar-refractivity contribution in [3.63, 3.8) is 0 Å². The van der Waals surface area contributed by atoms with Gasteiger partial charge in [-0.15, -0.1) is 0 Å². The van der Waals surface area contributed by atoms with Crippen molar-refractivity contribution < 1.29 is 9.84 Å². The highest BCUT2D eigenvalue weighted by Gasteiger charge is 2.20. The van der Waals surface area contributed by atoms with Crippen molar-refractivity contribution in [1.29, 1.82) is 0 Å². The molecule has 2 heteroatoms. The van der Waals surface area contributed by atoms with E-state index in [0.29, 0.717) is 12.5 Å². The van der Waals surface area contributed by atoms with E-state index in [4.69, 9.17) is 4.74 Å². The highest BCUT2D eigenvalue weighted by Crippen LogP contribution is 2.34. The largest absolute Gasteiger partial charge is 0.493 e. The van der Waals surface area contributed by atoms with Gasteiger partial charge >= 0.3 is 0 Å². The number of aliphatic hydroxyl groups is 1. The number of ether oxygens (including phenoxy) is 1. The fraction of sp³-hybridized carbons (Fsp3) is 0.625. The minimum absolute atomic E-state index is 0.379. The zero-order chi connectivity index (χ0) is 12.8. The smallest absolute Gasteiger partial charge is 0.125 e. The predicted octanol–water partition coefficient (Wildman–Crippen LogP) is 4.09. The van der Waals surface area contributed by atoms with Crippen molar-refractivity contribution in [3.8, 4) is 5.75 Å². The maximum atomic E-state index is 10.4. The Bertz CT molecular complexity index is 356. The van der Waals surface area contributed by atoms with E-state index in [9.17, 15) is 5.11 Å². The van der Waals surface area contributed by atoms with Crippen LogP contribution in [0.3, 0.4) is 0 Å². The van der Waals surface area contributed by atoms with Gasteiger partial charge in [-0.05, 0) is 25.3 Å². The molecule has 1 N–H and O–H groups in total. The average molecular weight is 248 g/mol. The molecule has 0 amide bonds. The normalized spacial score (nSPS) is 18.6. The van der Waals surface area contributed by atoms with E-state index in [1.54, 1.807) is 0 Å². The summed E-state index contributed by atoms with van der Waals surface area (Å²) < 4.78 is 5.59. The molecule has 1 aromatic carbocycles. The predicted molar refractivity (Wildman–Crippen MR) is 73.8 cm³/mol. The minimum atomic E-state index is -0.379. The Labute approximate surface area is 110 Å². The van der Waals surface area contributed by atoms with Crippen LogP contribution in [-0.4, -0.2) is 11.7 Å². The average Bonchev–Trinajstić information content (AvgIpc) is 2.41. The lowest BCUT2D eigenvalue weighted by Gasteiger charge is -2.25. The maximum absolute atomic E-state index is 10.4. The molecule has 2 nitrogen and oxygen atoms in total. The molecule has 1 saturated carbocycles. The molecule has 1 atom stereocenters. The lowest BCUT2D eigenvalue weighted by atomic mass is 9.84. The topological polar surface area (TPSA) is 29.5 Å². The molecule has 2 rings (SSSR count). The first kappa shape index (κ1) is 13.4. The van der Waals surface area contributed by atoms with Gasteiger partial charge in [0.15, 0.2) is 0 Å². The molecule has 100 valence electrons. The monoisotopic (exact) mass is 248 g/mol. The van der Waals surface area contributed by atoms with Crippen molar-refractivity contribution in [2.24, 2.45) is 5.92 Å². The molecule has 18 heavy (non-hydrogen) atoms. The Balaban J connectivity index is 2.00. The van der Waals surface area contributed by atoms with E-state index < -0.39 is 0 Å². The molecule has 1 unspecified atom stereocenters. The van der Waals surface area contributed by atoms with E-state index in [-0.39, 0.29) is 6.10 Å². The van der Waals surface area contributed by atoms with Crippen LogP contribution in [0.1, 0.15) is 57.1 Å². The summed E-state index contributed by atoms with van der Waals surface area (Å²) in [6.07, 6.45) is 7.05. The van der Waals surface area contributed by atoms with Gasteiger partial charge in [-0.1, -0.05) is 50.3 Å². The van der Waals surface area contributed by atoms with Crippen LogP contribution >= 0.6 is 0 Å². The van der Waals surface area contributed by atoms with Crippen LogP contribution in [-0.2, 0) is 0 Å². The molecule has 0 saturated heterocycles. The second kappa shape index (κ2) is 6.79. The van der Waals surface area contributed by atoms with Crippen LogP contribution in [0, 0.1) is 5.92 Å². The van der Waals surface area contributed by atoms with Crippen molar-refractivity contribution in [3.05, 3.63) is 29.8 Å². The van der Waals surface area contributed by atoms with E-state index in [0.717, 1.165) is 17.7 Å². The van der Waals surface area contributed by atoms with Gasteiger partial charge in [0.05, 0.1) is 12.7 Å². The number of hydrogen-bond acceptors (Lipinski definition) is 2. The molecule has 1 aromatic rings. The van der Waals surface area contributed by atoms with E-state index in [1.165, 1.54) is 32.1 Å². The van der Waals surface area contributed by atoms with Gasteiger partial charge in [0.1, 0.15) is 5.75 Å². The van der Waals surface area contributed by atoms with Gasteiger partial charge in [0, 0.05) is 5.56 Å². The summed E-state index contributed by atoms with van der Waals surface area (Å²) in [7, 11) is 0. The summed E-state index contributed by atoms with van der Waals surface area (Å²) in [6, 6.07) is 7.87. The molecule has 0 heterocycles. The minimum Gasteiger partial charge on any atom is -0.493 e. The van der Waals surface area contributed by atoms with Crippen LogP contribution in [0.4, 0.5) is 0 Å². The molecule has 1 aliphatic carbocycles. The molecule has 0 aliphatic heterocycles. The second-order valence-electron chi connectivity index (χ2n) is 5.23. The van der Waals surface area contributed by atoms with E-state index in [1.807, 2.05) is 31.2 Å². The Morgan fingerprint density at radius 3 is 2.67 bits per heavy atom. The van der Waals surface area contributed by atoms with Gasteiger partial charge in [-0.3, -0.25) is 0 Å². The highest BCUT2D eigenvalue weighted by atomic mass is 16.5. The summed E-state index contributed by atoms with van der Waals surface area (Å²) >= 11 is 0. The summed E-state index contributed by atoms with van der Waals surface area (Å²) in [5, 5.41) is 10.4. The zero-order valence-electron chi connectivity index (χ0n) is 11.3. The molecular weight excluding hydrogens is 224 g/mol. The molecule has 0 aromatic heterocycles. The first-order chi connectivity index (χ1) is 8.81. The quantitative estimate of drug-likeness (QED) is 0.850. The van der Waals surface area contributed by atoms with Crippen LogP contribution in [0.5, 0.6) is 5.75 Å². The zero-order valence-corrected chi connectivity index (χ0v) is 11.3. The fourth-order valence-electron chi connectivity index (χ4n) is 2.91. The third kappa shape index (κ3) is 3.49. The van der Waals surface area contributed by atoms with Gasteiger partial charge in [0.25, 0.3) is 0 Å². The lowest BCUT2D eigenvalue weighted by molar-refractivity contribution is 0.127. The lowest BCUT2D eigenvalue weighted by Crippen LogP contribution is -2.12. The third-order valence-electron chi connectivity index (χ3n) is 3.86. The van der Waals surface area contributed by atoms with Crippen LogP contribution < -0.4 is 4.74 Å². The first-order valence-electron chi connectivity index (χ1n) is 7.21. The van der Waals surface area contributed by atoms with Gasteiger partial charge < -0.3 is 9.84 Å². The molecule has 0 bridgehead atoms. The molecule has 1 aliphatic rings. The standard InChI is InChI=1S/C16H24O2/c1-2-18-16-11-7-6-10-14(16)15(17)12-13-8-4-3-5-9-13/h6-7,10-11,13,15,17H,2-5,8-9,12H2,1H3. The SMILES string of the molecule is CCOc1ccccc1C(O)CC1CCCCC1. The molecule has 0 spiro atoms.